The molecule has 112 valence electrons. The molecule has 6 heteroatoms. The van der Waals surface area contributed by atoms with E-state index in [1.54, 1.807) is 37.3 Å². The highest BCUT2D eigenvalue weighted by atomic mass is 79.9. The summed E-state index contributed by atoms with van der Waals surface area (Å²) in [5.74, 6) is -0.671. The number of hydrogen-bond donors (Lipinski definition) is 1. The molecule has 2 aromatic rings. The number of carbonyl (C=O) groups is 1. The number of nitrogens with one attached hydrogen (secondary N) is 1. The summed E-state index contributed by atoms with van der Waals surface area (Å²) in [4.78, 5) is 16.5. The second kappa shape index (κ2) is 5.82. The average molecular weight is 382 g/mol. The van der Waals surface area contributed by atoms with Crippen molar-refractivity contribution in [2.75, 3.05) is 5.32 Å². The van der Waals surface area contributed by atoms with Crippen molar-refractivity contribution in [2.45, 2.75) is 13.0 Å². The first-order valence-electron chi connectivity index (χ1n) is 6.61. The largest absolute Gasteiger partial charge is 0.324 e. The van der Waals surface area contributed by atoms with Gasteiger partial charge in [-0.25, -0.2) is 4.39 Å². The molecule has 0 aliphatic carbocycles. The Hall–Kier alpha value is -1.72. The molecule has 1 amide bonds. The number of hydrogen-bond acceptors (Lipinski definition) is 2. The van der Waals surface area contributed by atoms with Crippen LogP contribution in [-0.4, -0.2) is 17.7 Å². The Balaban J connectivity index is 2.33. The van der Waals surface area contributed by atoms with E-state index in [9.17, 15) is 9.18 Å². The molecule has 2 aromatic carbocycles. The number of aliphatic imine (C=N–C) groups is 1. The lowest BCUT2D eigenvalue weighted by Gasteiger charge is -2.13. The van der Waals surface area contributed by atoms with Crippen LogP contribution in [0.5, 0.6) is 0 Å². The van der Waals surface area contributed by atoms with Crippen molar-refractivity contribution in [2.24, 2.45) is 4.99 Å². The summed E-state index contributed by atoms with van der Waals surface area (Å²) in [7, 11) is 0. The first-order chi connectivity index (χ1) is 10.5. The first-order valence-corrected chi connectivity index (χ1v) is 7.78. The van der Waals surface area contributed by atoms with Crippen LogP contribution in [0.2, 0.25) is 5.02 Å². The maximum Gasteiger partial charge on any atom is 0.248 e. The highest BCUT2D eigenvalue weighted by Crippen LogP contribution is 2.35. The standard InChI is InChI=1S/C16H11BrClFN2O/c1-8-16(22)21-12-7-6-10(17)14(18)13(12)15(20-8)9-4-2-3-5-11(9)19/h2-8H,1H3,(H,21,22)/t8-/m1/s1. The fraction of sp³-hybridized carbons (Fsp3) is 0.125. The van der Waals surface area contributed by atoms with Crippen molar-refractivity contribution in [3.8, 4) is 0 Å². The lowest BCUT2D eigenvalue weighted by Crippen LogP contribution is -2.22. The SMILES string of the molecule is C[C@H]1N=C(c2ccccc2F)c2c(ccc(Br)c2Cl)NC1=O. The average Bonchev–Trinajstić information content (AvgIpc) is 2.61. The fourth-order valence-electron chi connectivity index (χ4n) is 2.30. The van der Waals surface area contributed by atoms with Crippen molar-refractivity contribution < 1.29 is 9.18 Å². The zero-order chi connectivity index (χ0) is 15.9. The summed E-state index contributed by atoms with van der Waals surface area (Å²) in [6.45, 7) is 1.66. The van der Waals surface area contributed by atoms with Gasteiger partial charge >= 0.3 is 0 Å². The van der Waals surface area contributed by atoms with E-state index in [0.29, 0.717) is 32.0 Å². The van der Waals surface area contributed by atoms with Gasteiger partial charge in [-0.15, -0.1) is 0 Å². The third kappa shape index (κ3) is 2.55. The quantitative estimate of drug-likeness (QED) is 0.780. The molecule has 0 spiro atoms. The molecule has 0 unspecified atom stereocenters. The summed E-state index contributed by atoms with van der Waals surface area (Å²) in [6.07, 6.45) is 0. The molecule has 0 aromatic heterocycles. The summed E-state index contributed by atoms with van der Waals surface area (Å²) in [5.41, 5.74) is 1.71. The van der Waals surface area contributed by atoms with Gasteiger partial charge in [0.15, 0.2) is 0 Å². The molecular weight excluding hydrogens is 371 g/mol. The van der Waals surface area contributed by atoms with Crippen LogP contribution in [0.1, 0.15) is 18.1 Å². The third-order valence-corrected chi connectivity index (χ3v) is 4.70. The van der Waals surface area contributed by atoms with Crippen LogP contribution in [0.15, 0.2) is 45.9 Å². The molecule has 1 aliphatic rings. The number of anilines is 1. The van der Waals surface area contributed by atoms with E-state index >= 15 is 0 Å². The van der Waals surface area contributed by atoms with E-state index in [4.69, 9.17) is 11.6 Å². The lowest BCUT2D eigenvalue weighted by atomic mass is 10.00. The molecule has 1 N–H and O–H groups in total. The van der Waals surface area contributed by atoms with Gasteiger partial charge in [0, 0.05) is 15.6 Å². The maximum atomic E-state index is 14.2. The van der Waals surface area contributed by atoms with Crippen molar-refractivity contribution in [1.82, 2.24) is 0 Å². The van der Waals surface area contributed by atoms with Crippen LogP contribution in [0.3, 0.4) is 0 Å². The molecule has 3 nitrogen and oxygen atoms in total. The van der Waals surface area contributed by atoms with Gasteiger partial charge in [-0.1, -0.05) is 23.7 Å². The van der Waals surface area contributed by atoms with Crippen LogP contribution >= 0.6 is 27.5 Å². The number of rotatable bonds is 1. The van der Waals surface area contributed by atoms with Gasteiger partial charge in [-0.3, -0.25) is 9.79 Å². The zero-order valence-electron chi connectivity index (χ0n) is 11.5. The van der Waals surface area contributed by atoms with E-state index in [-0.39, 0.29) is 5.91 Å². The predicted molar refractivity (Wildman–Crippen MR) is 89.3 cm³/mol. The van der Waals surface area contributed by atoms with Crippen LogP contribution in [0.25, 0.3) is 0 Å². The van der Waals surface area contributed by atoms with Crippen molar-refractivity contribution in [3.63, 3.8) is 0 Å². The van der Waals surface area contributed by atoms with E-state index in [0.717, 1.165) is 0 Å². The molecule has 1 aliphatic heterocycles. The van der Waals surface area contributed by atoms with Crippen LogP contribution < -0.4 is 5.32 Å². The van der Waals surface area contributed by atoms with Gasteiger partial charge in [-0.2, -0.15) is 0 Å². The van der Waals surface area contributed by atoms with Gasteiger partial charge in [0.2, 0.25) is 5.91 Å². The molecule has 0 saturated heterocycles. The molecule has 22 heavy (non-hydrogen) atoms. The Bertz CT molecular complexity index is 807. The second-order valence-electron chi connectivity index (χ2n) is 4.91. The zero-order valence-corrected chi connectivity index (χ0v) is 13.9. The van der Waals surface area contributed by atoms with E-state index in [1.165, 1.54) is 6.07 Å². The minimum atomic E-state index is -0.642. The summed E-state index contributed by atoms with van der Waals surface area (Å²) in [6, 6.07) is 9.11. The molecule has 3 rings (SSSR count). The number of fused-ring (bicyclic) bond motifs is 1. The second-order valence-corrected chi connectivity index (χ2v) is 6.14. The maximum absolute atomic E-state index is 14.2. The topological polar surface area (TPSA) is 41.5 Å². The number of carbonyl (C=O) groups excluding carboxylic acids is 1. The monoisotopic (exact) mass is 380 g/mol. The Labute approximate surface area is 140 Å². The molecule has 0 bridgehead atoms. The lowest BCUT2D eigenvalue weighted by molar-refractivity contribution is -0.116. The van der Waals surface area contributed by atoms with Gasteiger partial charge in [0.05, 0.1) is 16.4 Å². The minimum absolute atomic E-state index is 0.258. The highest BCUT2D eigenvalue weighted by molar-refractivity contribution is 9.10. The van der Waals surface area contributed by atoms with E-state index < -0.39 is 11.9 Å². The predicted octanol–water partition coefficient (Wildman–Crippen LogP) is 4.42. The molecule has 1 atom stereocenters. The Kier molecular flexibility index (Phi) is 4.02. The van der Waals surface area contributed by atoms with Gasteiger partial charge in [0.1, 0.15) is 11.9 Å². The Morgan fingerprint density at radius 1 is 1.27 bits per heavy atom. The van der Waals surface area contributed by atoms with E-state index in [1.807, 2.05) is 0 Å². The van der Waals surface area contributed by atoms with Crippen molar-refractivity contribution in [3.05, 3.63) is 62.8 Å². The fourth-order valence-corrected chi connectivity index (χ4v) is 2.88. The van der Waals surface area contributed by atoms with Crippen molar-refractivity contribution >= 4 is 44.8 Å². The summed E-state index contributed by atoms with van der Waals surface area (Å²) in [5, 5.41) is 3.16. The molecule has 0 radical (unpaired) electrons. The molecule has 0 fully saturated rings. The first kappa shape index (κ1) is 15.2. The summed E-state index contributed by atoms with van der Waals surface area (Å²) < 4.78 is 14.9. The Morgan fingerprint density at radius 3 is 2.73 bits per heavy atom. The minimum Gasteiger partial charge on any atom is -0.324 e. The third-order valence-electron chi connectivity index (χ3n) is 3.42. The van der Waals surface area contributed by atoms with Crippen LogP contribution in [0.4, 0.5) is 10.1 Å². The number of nitrogens with zero attached hydrogens (tertiary/aromatic N) is 1. The molecule has 0 saturated carbocycles. The van der Waals surface area contributed by atoms with Gasteiger partial charge < -0.3 is 5.32 Å². The van der Waals surface area contributed by atoms with Crippen molar-refractivity contribution in [1.29, 1.82) is 0 Å². The van der Waals surface area contributed by atoms with E-state index in [2.05, 4.69) is 26.2 Å². The molecule has 1 heterocycles. The Morgan fingerprint density at radius 2 is 2.00 bits per heavy atom. The normalized spacial score (nSPS) is 17.4. The van der Waals surface area contributed by atoms with Crippen LogP contribution in [-0.2, 0) is 4.79 Å². The van der Waals surface area contributed by atoms with Crippen LogP contribution in [0, 0.1) is 5.82 Å². The number of amides is 1. The van der Waals surface area contributed by atoms with Gasteiger partial charge in [-0.05, 0) is 47.1 Å². The number of halogens is 3. The number of benzene rings is 2. The summed E-state index contributed by atoms with van der Waals surface area (Å²) >= 11 is 9.73. The van der Waals surface area contributed by atoms with Gasteiger partial charge in [0.25, 0.3) is 0 Å². The molecular formula is C16H11BrClFN2O. The highest BCUT2D eigenvalue weighted by Gasteiger charge is 2.26. The number of benzodiazepines with no additional fused rings is 1. The smallest absolute Gasteiger partial charge is 0.248 e.